The molecule has 0 aromatic carbocycles. The average Bonchev–Trinajstić information content (AvgIpc) is 2.72. The van der Waals surface area contributed by atoms with Gasteiger partial charge in [0.25, 0.3) is 0 Å². The minimum atomic E-state index is -0.985. The van der Waals surface area contributed by atoms with Crippen molar-refractivity contribution < 1.29 is 15.0 Å². The summed E-state index contributed by atoms with van der Waals surface area (Å²) in [5.74, 6) is -0.985. The van der Waals surface area contributed by atoms with E-state index in [2.05, 4.69) is 10.3 Å². The van der Waals surface area contributed by atoms with Gasteiger partial charge in [0.05, 0.1) is 11.8 Å². The van der Waals surface area contributed by atoms with Crippen LogP contribution in [0.2, 0.25) is 0 Å². The van der Waals surface area contributed by atoms with E-state index in [1.807, 2.05) is 0 Å². The van der Waals surface area contributed by atoms with E-state index >= 15 is 0 Å². The van der Waals surface area contributed by atoms with E-state index in [1.54, 1.807) is 5.38 Å². The maximum Gasteiger partial charge on any atom is 0.365 e. The Morgan fingerprint density at radius 3 is 2.94 bits per heavy atom. The van der Waals surface area contributed by atoms with Gasteiger partial charge in [0.15, 0.2) is 0 Å². The van der Waals surface area contributed by atoms with Crippen LogP contribution in [-0.2, 0) is 6.54 Å². The summed E-state index contributed by atoms with van der Waals surface area (Å²) < 4.78 is 0. The Hall–Kier alpha value is -0.980. The largest absolute Gasteiger partial charge is 0.476 e. The van der Waals surface area contributed by atoms with Gasteiger partial charge in [-0.2, -0.15) is 0 Å². The lowest BCUT2D eigenvalue weighted by atomic mass is 10.1. The van der Waals surface area contributed by atoms with E-state index in [-0.39, 0.29) is 17.2 Å². The number of nitrogens with one attached hydrogen (secondary N) is 1. The third-order valence-electron chi connectivity index (χ3n) is 3.26. The molecule has 1 aliphatic carbocycles. The molecule has 0 bridgehead atoms. The smallest absolute Gasteiger partial charge is 0.365 e. The lowest BCUT2D eigenvalue weighted by Gasteiger charge is -2.21. The highest BCUT2D eigenvalue weighted by molar-refractivity contribution is 7.11. The van der Waals surface area contributed by atoms with Crippen molar-refractivity contribution in [1.29, 1.82) is 0 Å². The van der Waals surface area contributed by atoms with Gasteiger partial charge in [-0.05, 0) is 12.8 Å². The van der Waals surface area contributed by atoms with Crippen LogP contribution in [0.5, 0.6) is 0 Å². The lowest BCUT2D eigenvalue weighted by molar-refractivity contribution is 0.0696. The van der Waals surface area contributed by atoms with Gasteiger partial charge in [0.2, 0.25) is 5.01 Å². The number of aromatic nitrogens is 1. The first-order valence-electron chi connectivity index (χ1n) is 6.26. The summed E-state index contributed by atoms with van der Waals surface area (Å²) >= 11 is 1.14. The Morgan fingerprint density at radius 2 is 2.22 bits per heavy atom. The van der Waals surface area contributed by atoms with E-state index in [0.717, 1.165) is 42.7 Å². The topological polar surface area (TPSA) is 82.5 Å². The molecule has 1 saturated carbocycles. The molecule has 100 valence electrons. The Bertz CT molecular complexity index is 408. The molecule has 1 aromatic heterocycles. The molecule has 0 saturated heterocycles. The monoisotopic (exact) mass is 270 g/mol. The zero-order chi connectivity index (χ0) is 13.0. The van der Waals surface area contributed by atoms with Crippen LogP contribution in [0.3, 0.4) is 0 Å². The Labute approximate surface area is 110 Å². The van der Waals surface area contributed by atoms with Crippen molar-refractivity contribution in [3.8, 4) is 0 Å². The van der Waals surface area contributed by atoms with E-state index in [9.17, 15) is 9.90 Å². The highest BCUT2D eigenvalue weighted by Gasteiger charge is 2.21. The number of nitrogens with zero attached hydrogens (tertiary/aromatic N) is 1. The number of hydrogen-bond donors (Lipinski definition) is 3. The van der Waals surface area contributed by atoms with Gasteiger partial charge in [0.1, 0.15) is 0 Å². The fourth-order valence-corrected chi connectivity index (χ4v) is 2.90. The molecular formula is C12H18N2O3S. The molecule has 5 nitrogen and oxygen atoms in total. The van der Waals surface area contributed by atoms with Crippen molar-refractivity contribution in [2.45, 2.75) is 50.8 Å². The number of rotatable bonds is 4. The summed E-state index contributed by atoms with van der Waals surface area (Å²) in [5, 5.41) is 23.9. The molecule has 0 aliphatic heterocycles. The number of carboxylic acid groups (broad SMARTS) is 1. The van der Waals surface area contributed by atoms with E-state index < -0.39 is 5.97 Å². The molecule has 0 amide bonds. The quantitative estimate of drug-likeness (QED) is 0.724. The maximum atomic E-state index is 10.7. The number of hydrogen-bond acceptors (Lipinski definition) is 5. The van der Waals surface area contributed by atoms with Crippen molar-refractivity contribution >= 4 is 17.3 Å². The molecule has 1 fully saturated rings. The van der Waals surface area contributed by atoms with Crippen LogP contribution >= 0.6 is 11.3 Å². The second kappa shape index (κ2) is 6.26. The van der Waals surface area contributed by atoms with Crippen LogP contribution in [0.25, 0.3) is 0 Å². The van der Waals surface area contributed by atoms with Gasteiger partial charge in [-0.15, -0.1) is 11.3 Å². The zero-order valence-electron chi connectivity index (χ0n) is 10.1. The summed E-state index contributed by atoms with van der Waals surface area (Å²) in [6, 6.07) is 0.0995. The first-order valence-corrected chi connectivity index (χ1v) is 7.14. The van der Waals surface area contributed by atoms with Gasteiger partial charge >= 0.3 is 5.97 Å². The molecule has 6 heteroatoms. The second-order valence-corrected chi connectivity index (χ2v) is 5.50. The summed E-state index contributed by atoms with van der Waals surface area (Å²) in [4.78, 5) is 14.7. The van der Waals surface area contributed by atoms with Crippen molar-refractivity contribution in [1.82, 2.24) is 10.3 Å². The van der Waals surface area contributed by atoms with Crippen LogP contribution in [0, 0.1) is 0 Å². The Balaban J connectivity index is 1.87. The normalized spacial score (nSPS) is 24.7. The fourth-order valence-electron chi connectivity index (χ4n) is 2.25. The summed E-state index contributed by atoms with van der Waals surface area (Å²) in [7, 11) is 0. The minimum absolute atomic E-state index is 0.0995. The molecule has 1 heterocycles. The van der Waals surface area contributed by atoms with Crippen LogP contribution in [0.1, 0.15) is 47.6 Å². The predicted octanol–water partition coefficient (Wildman–Crippen LogP) is 1.62. The maximum absolute atomic E-state index is 10.7. The van der Waals surface area contributed by atoms with Gasteiger partial charge in [0, 0.05) is 18.0 Å². The minimum Gasteiger partial charge on any atom is -0.476 e. The standard InChI is InChI=1S/C12H18N2O3S/c15-10-5-3-1-2-4-9(10)13-6-8-7-18-11(14-8)12(16)17/h7,9-10,13,15H,1-6H2,(H,16,17). The predicted molar refractivity (Wildman–Crippen MR) is 68.8 cm³/mol. The molecular weight excluding hydrogens is 252 g/mol. The average molecular weight is 270 g/mol. The molecule has 0 radical (unpaired) electrons. The number of carboxylic acids is 1. The van der Waals surface area contributed by atoms with E-state index in [1.165, 1.54) is 6.42 Å². The second-order valence-electron chi connectivity index (χ2n) is 4.64. The molecule has 2 unspecified atom stereocenters. The van der Waals surface area contributed by atoms with Crippen LogP contribution in [0.4, 0.5) is 0 Å². The first-order chi connectivity index (χ1) is 8.66. The molecule has 18 heavy (non-hydrogen) atoms. The summed E-state index contributed by atoms with van der Waals surface area (Å²) in [6.07, 6.45) is 4.90. The van der Waals surface area contributed by atoms with Gasteiger partial charge in [-0.1, -0.05) is 19.3 Å². The van der Waals surface area contributed by atoms with E-state index in [0.29, 0.717) is 6.54 Å². The molecule has 1 aromatic rings. The van der Waals surface area contributed by atoms with Crippen molar-refractivity contribution in [2.24, 2.45) is 0 Å². The van der Waals surface area contributed by atoms with Crippen molar-refractivity contribution in [2.75, 3.05) is 0 Å². The van der Waals surface area contributed by atoms with Crippen LogP contribution < -0.4 is 5.32 Å². The molecule has 2 rings (SSSR count). The highest BCUT2D eigenvalue weighted by atomic mass is 32.1. The summed E-state index contributed by atoms with van der Waals surface area (Å²) in [6.45, 7) is 0.519. The third kappa shape index (κ3) is 3.51. The Kier molecular flexibility index (Phi) is 4.68. The number of thiazole rings is 1. The van der Waals surface area contributed by atoms with Gasteiger partial charge < -0.3 is 15.5 Å². The Morgan fingerprint density at radius 1 is 1.44 bits per heavy atom. The number of carbonyl (C=O) groups is 1. The molecule has 1 aliphatic rings. The highest BCUT2D eigenvalue weighted by Crippen LogP contribution is 2.18. The number of aliphatic hydroxyl groups excluding tert-OH is 1. The number of aromatic carboxylic acids is 1. The van der Waals surface area contributed by atoms with E-state index in [4.69, 9.17) is 5.11 Å². The zero-order valence-corrected chi connectivity index (χ0v) is 10.9. The third-order valence-corrected chi connectivity index (χ3v) is 4.14. The molecule has 0 spiro atoms. The molecule has 3 N–H and O–H groups in total. The fraction of sp³-hybridized carbons (Fsp3) is 0.667. The van der Waals surface area contributed by atoms with Crippen molar-refractivity contribution in [3.05, 3.63) is 16.1 Å². The molecule has 2 atom stereocenters. The van der Waals surface area contributed by atoms with Crippen molar-refractivity contribution in [3.63, 3.8) is 0 Å². The first kappa shape index (κ1) is 13.5. The van der Waals surface area contributed by atoms with Gasteiger partial charge in [-0.25, -0.2) is 9.78 Å². The summed E-state index contributed by atoms with van der Waals surface area (Å²) in [5.41, 5.74) is 0.730. The number of aliphatic hydroxyl groups is 1. The van der Waals surface area contributed by atoms with Crippen LogP contribution in [0.15, 0.2) is 5.38 Å². The van der Waals surface area contributed by atoms with Gasteiger partial charge in [-0.3, -0.25) is 0 Å². The van der Waals surface area contributed by atoms with Crippen LogP contribution in [-0.4, -0.2) is 33.3 Å². The lowest BCUT2D eigenvalue weighted by Crippen LogP contribution is -2.38. The SMILES string of the molecule is O=C(O)c1nc(CNC2CCCCCC2O)cs1.